The van der Waals surface area contributed by atoms with Crippen LogP contribution in [0, 0.1) is 5.41 Å². The van der Waals surface area contributed by atoms with Crippen molar-refractivity contribution in [3.8, 4) is 11.1 Å². The zero-order chi connectivity index (χ0) is 24.7. The molecule has 2 aromatic rings. The molecule has 0 saturated carbocycles. The lowest BCUT2D eigenvalue weighted by atomic mass is 9.82. The van der Waals surface area contributed by atoms with E-state index >= 15 is 0 Å². The zero-order valence-electron chi connectivity index (χ0n) is 20.1. The first-order chi connectivity index (χ1) is 16.3. The Morgan fingerprint density at radius 1 is 0.971 bits per heavy atom. The van der Waals surface area contributed by atoms with Gasteiger partial charge in [0.25, 0.3) is 0 Å². The number of carbonyl (C=O) groups excluding carboxylic acids is 2. The number of carboxylic acids is 1. The van der Waals surface area contributed by atoms with Gasteiger partial charge in [0.05, 0.1) is 5.41 Å². The highest BCUT2D eigenvalue weighted by Crippen LogP contribution is 2.44. The minimum absolute atomic E-state index is 0.0336. The van der Waals surface area contributed by atoms with Crippen LogP contribution in [-0.4, -0.2) is 42.3 Å². The van der Waals surface area contributed by atoms with E-state index in [1.54, 1.807) is 13.8 Å². The lowest BCUT2D eigenvalue weighted by Crippen LogP contribution is -2.44. The van der Waals surface area contributed by atoms with Crippen molar-refractivity contribution >= 4 is 18.0 Å². The molecule has 0 saturated heterocycles. The van der Waals surface area contributed by atoms with Gasteiger partial charge in [-0.1, -0.05) is 69.3 Å². The van der Waals surface area contributed by atoms with Crippen molar-refractivity contribution in [2.24, 2.45) is 5.41 Å². The molecular weight excluding hydrogens is 432 g/mol. The molecule has 0 radical (unpaired) electrons. The number of ether oxygens (including phenoxy) is 1. The number of alkyl carbamates (subject to hydrolysis) is 1. The van der Waals surface area contributed by atoms with Crippen molar-refractivity contribution < 1.29 is 24.2 Å². The second-order valence-electron chi connectivity index (χ2n) is 8.85. The third kappa shape index (κ3) is 5.41. The SMILES string of the molecule is CC[C@H](CC(=O)NCC(CC)(CC)C(=O)O)NC(=O)OCC1c2ccccc2-c2ccccc21. The maximum absolute atomic E-state index is 12.5. The number of amides is 2. The van der Waals surface area contributed by atoms with E-state index < -0.39 is 23.5 Å². The molecule has 0 aromatic heterocycles. The lowest BCUT2D eigenvalue weighted by Gasteiger charge is -2.27. The van der Waals surface area contributed by atoms with Crippen LogP contribution in [0.15, 0.2) is 48.5 Å². The fourth-order valence-electron chi connectivity index (χ4n) is 4.55. The third-order valence-electron chi connectivity index (χ3n) is 7.02. The number of aliphatic carboxylic acids is 1. The summed E-state index contributed by atoms with van der Waals surface area (Å²) in [6.45, 7) is 5.75. The predicted octanol–water partition coefficient (Wildman–Crippen LogP) is 4.70. The Hall–Kier alpha value is -3.35. The summed E-state index contributed by atoms with van der Waals surface area (Å²) in [5.74, 6) is -1.24. The lowest BCUT2D eigenvalue weighted by molar-refractivity contribution is -0.149. The van der Waals surface area contributed by atoms with Crippen LogP contribution in [0.25, 0.3) is 11.1 Å². The molecule has 0 heterocycles. The van der Waals surface area contributed by atoms with Crippen molar-refractivity contribution in [2.75, 3.05) is 13.2 Å². The topological polar surface area (TPSA) is 105 Å². The molecule has 1 aliphatic rings. The fourth-order valence-corrected chi connectivity index (χ4v) is 4.55. The fraction of sp³-hybridized carbons (Fsp3) is 0.444. The highest BCUT2D eigenvalue weighted by molar-refractivity contribution is 5.80. The van der Waals surface area contributed by atoms with Crippen LogP contribution < -0.4 is 10.6 Å². The molecule has 0 aliphatic heterocycles. The molecule has 0 spiro atoms. The summed E-state index contributed by atoms with van der Waals surface area (Å²) >= 11 is 0. The number of carboxylic acid groups (broad SMARTS) is 1. The van der Waals surface area contributed by atoms with E-state index in [1.807, 2.05) is 31.2 Å². The van der Waals surface area contributed by atoms with E-state index in [4.69, 9.17) is 4.74 Å². The molecule has 0 unspecified atom stereocenters. The van der Waals surface area contributed by atoms with E-state index in [9.17, 15) is 19.5 Å². The van der Waals surface area contributed by atoms with Crippen LogP contribution in [0.2, 0.25) is 0 Å². The van der Waals surface area contributed by atoms with Crippen molar-refractivity contribution in [1.82, 2.24) is 10.6 Å². The average molecular weight is 467 g/mol. The Kier molecular flexibility index (Phi) is 8.31. The van der Waals surface area contributed by atoms with Gasteiger partial charge in [-0.3, -0.25) is 9.59 Å². The van der Waals surface area contributed by atoms with Gasteiger partial charge in [0.2, 0.25) is 5.91 Å². The van der Waals surface area contributed by atoms with Crippen LogP contribution >= 0.6 is 0 Å². The minimum Gasteiger partial charge on any atom is -0.481 e. The molecule has 34 heavy (non-hydrogen) atoms. The Bertz CT molecular complexity index is 986. The van der Waals surface area contributed by atoms with Gasteiger partial charge in [-0.2, -0.15) is 0 Å². The summed E-state index contributed by atoms with van der Waals surface area (Å²) < 4.78 is 5.57. The summed E-state index contributed by atoms with van der Waals surface area (Å²) in [4.78, 5) is 36.6. The normalized spacial score (nSPS) is 13.5. The van der Waals surface area contributed by atoms with Crippen LogP contribution in [0.4, 0.5) is 4.79 Å². The highest BCUT2D eigenvalue weighted by Gasteiger charge is 2.35. The van der Waals surface area contributed by atoms with Gasteiger partial charge >= 0.3 is 12.1 Å². The first-order valence-electron chi connectivity index (χ1n) is 12.0. The number of benzene rings is 2. The second kappa shape index (κ2) is 11.2. The Morgan fingerprint density at radius 3 is 2.03 bits per heavy atom. The van der Waals surface area contributed by atoms with Gasteiger partial charge in [-0.05, 0) is 41.5 Å². The van der Waals surface area contributed by atoms with E-state index in [0.29, 0.717) is 19.3 Å². The monoisotopic (exact) mass is 466 g/mol. The Labute approximate surface area is 200 Å². The molecule has 2 amide bonds. The van der Waals surface area contributed by atoms with Gasteiger partial charge in [-0.25, -0.2) is 4.79 Å². The number of rotatable bonds is 11. The van der Waals surface area contributed by atoms with E-state index in [-0.39, 0.29) is 31.4 Å². The molecule has 182 valence electrons. The quantitative estimate of drug-likeness (QED) is 0.445. The molecule has 3 rings (SSSR count). The Balaban J connectivity index is 1.54. The average Bonchev–Trinajstić information content (AvgIpc) is 3.16. The summed E-state index contributed by atoms with van der Waals surface area (Å²) in [5, 5.41) is 15.0. The molecule has 1 aliphatic carbocycles. The molecule has 0 fully saturated rings. The summed E-state index contributed by atoms with van der Waals surface area (Å²) in [6, 6.07) is 15.9. The van der Waals surface area contributed by atoms with Crippen LogP contribution in [0.5, 0.6) is 0 Å². The smallest absolute Gasteiger partial charge is 0.407 e. The maximum atomic E-state index is 12.5. The maximum Gasteiger partial charge on any atom is 0.407 e. The minimum atomic E-state index is -0.975. The van der Waals surface area contributed by atoms with Gasteiger partial charge < -0.3 is 20.5 Å². The highest BCUT2D eigenvalue weighted by atomic mass is 16.5. The number of hydrogen-bond donors (Lipinski definition) is 3. The summed E-state index contributed by atoms with van der Waals surface area (Å²) in [7, 11) is 0. The summed E-state index contributed by atoms with van der Waals surface area (Å²) in [5.41, 5.74) is 3.62. The summed E-state index contributed by atoms with van der Waals surface area (Å²) in [6.07, 6.45) is 0.888. The van der Waals surface area contributed by atoms with Gasteiger partial charge in [0, 0.05) is 24.9 Å². The molecule has 0 bridgehead atoms. The number of carbonyl (C=O) groups is 3. The third-order valence-corrected chi connectivity index (χ3v) is 7.02. The molecule has 7 heteroatoms. The van der Waals surface area contributed by atoms with Gasteiger partial charge in [0.15, 0.2) is 0 Å². The molecular formula is C27H34N2O5. The van der Waals surface area contributed by atoms with E-state index in [1.165, 1.54) is 0 Å². The Morgan fingerprint density at radius 2 is 1.53 bits per heavy atom. The van der Waals surface area contributed by atoms with Crippen LogP contribution in [-0.2, 0) is 14.3 Å². The predicted molar refractivity (Wildman–Crippen MR) is 131 cm³/mol. The first kappa shape index (κ1) is 25.3. The van der Waals surface area contributed by atoms with Gasteiger partial charge in [-0.15, -0.1) is 0 Å². The first-order valence-corrected chi connectivity index (χ1v) is 12.0. The number of fused-ring (bicyclic) bond motifs is 3. The van der Waals surface area contributed by atoms with Gasteiger partial charge in [0.1, 0.15) is 6.61 Å². The van der Waals surface area contributed by atoms with Crippen LogP contribution in [0.1, 0.15) is 63.5 Å². The van der Waals surface area contributed by atoms with Crippen molar-refractivity contribution in [2.45, 2.75) is 58.4 Å². The van der Waals surface area contributed by atoms with Crippen LogP contribution in [0.3, 0.4) is 0 Å². The van der Waals surface area contributed by atoms with E-state index in [2.05, 4.69) is 34.9 Å². The standard InChI is InChI=1S/C27H34N2O5/c1-4-18(15-24(30)28-17-27(5-2,6-3)25(31)32)29-26(33)34-16-23-21-13-9-7-11-19(21)20-12-8-10-14-22(20)23/h7-14,18,23H,4-6,15-17H2,1-3H3,(H,28,30)(H,29,33)(H,31,32)/t18-/m1/s1. The van der Waals surface area contributed by atoms with E-state index in [0.717, 1.165) is 22.3 Å². The molecule has 2 aromatic carbocycles. The number of hydrogen-bond acceptors (Lipinski definition) is 4. The largest absolute Gasteiger partial charge is 0.481 e. The van der Waals surface area contributed by atoms with Crippen molar-refractivity contribution in [1.29, 1.82) is 0 Å². The molecule has 3 N–H and O–H groups in total. The number of nitrogens with one attached hydrogen (secondary N) is 2. The molecule has 7 nitrogen and oxygen atoms in total. The molecule has 1 atom stereocenters. The zero-order valence-corrected chi connectivity index (χ0v) is 20.1. The second-order valence-corrected chi connectivity index (χ2v) is 8.85. The van der Waals surface area contributed by atoms with Crippen molar-refractivity contribution in [3.63, 3.8) is 0 Å². The van der Waals surface area contributed by atoms with Crippen molar-refractivity contribution in [3.05, 3.63) is 59.7 Å².